The van der Waals surface area contributed by atoms with E-state index in [2.05, 4.69) is 87.7 Å². The maximum Gasteiger partial charge on any atom is 0.159 e. The predicted octanol–water partition coefficient (Wildman–Crippen LogP) is 8.49. The second-order valence-corrected chi connectivity index (χ2v) is 14.5. The Morgan fingerprint density at radius 2 is 1.22 bits per heavy atom. The molecule has 0 amide bonds. The molecule has 4 heterocycles. The number of benzene rings is 4. The minimum Gasteiger partial charge on any atom is -0.379 e. The number of hydrogen-bond donors (Lipinski definition) is 1. The number of Topliss-reactive ketones (excluding diaryl/α,β-unsaturated/α-hetero) is 1. The molecule has 0 aromatic heterocycles. The van der Waals surface area contributed by atoms with Gasteiger partial charge in [0.1, 0.15) is 0 Å². The topological polar surface area (TPSA) is 57.3 Å². The second-order valence-electron chi connectivity index (χ2n) is 11.8. The number of ketones is 1. The number of nitrogens with one attached hydrogen (secondary N) is 1. The maximum atomic E-state index is 11.5. The molecule has 4 aliphatic rings. The molecule has 1 N–H and O–H groups in total. The van der Waals surface area contributed by atoms with Gasteiger partial charge in [-0.05, 0) is 61.0 Å². The van der Waals surface area contributed by atoms with Crippen LogP contribution in [-0.4, -0.2) is 82.4 Å². The molecule has 4 aromatic rings. The van der Waals surface area contributed by atoms with E-state index in [4.69, 9.17) is 21.7 Å². The molecule has 0 bridgehead atoms. The van der Waals surface area contributed by atoms with Crippen LogP contribution in [0.3, 0.4) is 0 Å². The van der Waals surface area contributed by atoms with Gasteiger partial charge in [0.05, 0.1) is 54.2 Å². The van der Waals surface area contributed by atoms with Gasteiger partial charge in [0.25, 0.3) is 0 Å². The maximum absolute atomic E-state index is 11.5. The van der Waals surface area contributed by atoms with Gasteiger partial charge in [-0.25, -0.2) is 0 Å². The molecule has 258 valence electrons. The molecule has 2 fully saturated rings. The summed E-state index contributed by atoms with van der Waals surface area (Å²) in [6.45, 7) is 8.81. The number of anilines is 4. The summed E-state index contributed by atoms with van der Waals surface area (Å²) in [7, 11) is 4.18. The third-order valence-corrected chi connectivity index (χ3v) is 11.2. The number of fused-ring (bicyclic) bond motifs is 4. The highest BCUT2D eigenvalue weighted by molar-refractivity contribution is 8.00. The van der Waals surface area contributed by atoms with E-state index in [1.54, 1.807) is 18.7 Å². The van der Waals surface area contributed by atoms with Crippen LogP contribution in [0, 0.1) is 0 Å². The minimum absolute atomic E-state index is 0. The Bertz CT molecular complexity index is 1750. The van der Waals surface area contributed by atoms with Crippen LogP contribution in [0.25, 0.3) is 0 Å². The molecule has 10 heteroatoms. The van der Waals surface area contributed by atoms with Gasteiger partial charge in [-0.15, -0.1) is 0 Å². The van der Waals surface area contributed by atoms with Crippen LogP contribution in [0.2, 0.25) is 0 Å². The van der Waals surface area contributed by atoms with Crippen LogP contribution < -0.4 is 15.1 Å². The summed E-state index contributed by atoms with van der Waals surface area (Å²) in [5.41, 5.74) is 6.86. The average Bonchev–Trinajstić information content (AvgIpc) is 3.13. The third-order valence-electron chi connectivity index (χ3n) is 8.57. The Hall–Kier alpha value is -3.38. The van der Waals surface area contributed by atoms with Crippen molar-refractivity contribution in [3.05, 3.63) is 96.1 Å². The van der Waals surface area contributed by atoms with Crippen LogP contribution in [0.1, 0.15) is 30.3 Å². The normalized spacial score (nSPS) is 15.8. The summed E-state index contributed by atoms with van der Waals surface area (Å²) in [6.07, 6.45) is 0.822. The lowest BCUT2D eigenvalue weighted by molar-refractivity contribution is 0.0684. The summed E-state index contributed by atoms with van der Waals surface area (Å²) in [4.78, 5) is 24.2. The molecule has 0 spiro atoms. The van der Waals surface area contributed by atoms with Crippen LogP contribution in [0.4, 0.5) is 22.7 Å². The molecule has 8 rings (SSSR count). The fourth-order valence-electron chi connectivity index (χ4n) is 5.86. The number of carbonyl (C=O) groups is 1. The Balaban J connectivity index is 0.000000165. The van der Waals surface area contributed by atoms with Gasteiger partial charge in [-0.3, -0.25) is 4.79 Å². The molecule has 0 radical (unpaired) electrons. The summed E-state index contributed by atoms with van der Waals surface area (Å²) in [6, 6.07) is 29.5. The molecule has 4 aliphatic heterocycles. The molecule has 4 aromatic carbocycles. The van der Waals surface area contributed by atoms with E-state index in [9.17, 15) is 4.79 Å². The van der Waals surface area contributed by atoms with Gasteiger partial charge in [0, 0.05) is 71.8 Å². The van der Waals surface area contributed by atoms with E-state index in [0.29, 0.717) is 0 Å². The first-order valence-electron chi connectivity index (χ1n) is 16.3. The molecule has 0 unspecified atom stereocenters. The number of ether oxygens (including phenoxy) is 2. The fraction of sp³-hybridized carbons (Fsp3) is 0.333. The summed E-state index contributed by atoms with van der Waals surface area (Å²) >= 11 is 9.25. The molecule has 49 heavy (non-hydrogen) atoms. The van der Waals surface area contributed by atoms with Crippen molar-refractivity contribution in [1.29, 1.82) is 0 Å². The van der Waals surface area contributed by atoms with E-state index in [-0.39, 0.29) is 13.2 Å². The monoisotopic (exact) mass is 714 g/mol. The van der Waals surface area contributed by atoms with Gasteiger partial charge < -0.3 is 29.5 Å². The predicted molar refractivity (Wildman–Crippen MR) is 209 cm³/mol. The van der Waals surface area contributed by atoms with Crippen LogP contribution in [0.5, 0.6) is 0 Å². The lowest BCUT2D eigenvalue weighted by Crippen LogP contribution is -2.40. The fourth-order valence-corrected chi connectivity index (χ4v) is 8.47. The molecule has 2 saturated heterocycles. The number of hydrogen-bond acceptors (Lipinski definition) is 9. The molecule has 0 saturated carbocycles. The van der Waals surface area contributed by atoms with Gasteiger partial charge in [-0.1, -0.05) is 79.6 Å². The largest absolute Gasteiger partial charge is 0.379 e. The Morgan fingerprint density at radius 3 is 1.76 bits per heavy atom. The average molecular weight is 715 g/mol. The molecule has 0 aliphatic carbocycles. The lowest BCUT2D eigenvalue weighted by atomic mass is 10.1. The van der Waals surface area contributed by atoms with Crippen molar-refractivity contribution in [2.45, 2.75) is 40.4 Å². The zero-order valence-electron chi connectivity index (χ0n) is 27.7. The number of para-hydroxylation sites is 2. The SMILES string of the molecule is C.C1COCCN1.CC(=O)c1ccc2c(c1)N(C)c1ccccc1S2.CN1c2ccccc2Sc2ccc(CC(=S)N3CCOCC3)cc21. The molecular formula is C39H46N4O3S3. The van der Waals surface area contributed by atoms with E-state index >= 15 is 0 Å². The van der Waals surface area contributed by atoms with E-state index in [1.807, 2.05) is 43.1 Å². The van der Waals surface area contributed by atoms with Gasteiger partial charge in [0.2, 0.25) is 0 Å². The highest BCUT2D eigenvalue weighted by Gasteiger charge is 2.22. The summed E-state index contributed by atoms with van der Waals surface area (Å²) < 4.78 is 10.4. The highest BCUT2D eigenvalue weighted by atomic mass is 32.2. The van der Waals surface area contributed by atoms with Crippen LogP contribution in [0.15, 0.2) is 105 Å². The minimum atomic E-state index is 0. The molecular weight excluding hydrogens is 669 g/mol. The Labute approximate surface area is 305 Å². The van der Waals surface area contributed by atoms with Crippen LogP contribution in [-0.2, 0) is 15.9 Å². The van der Waals surface area contributed by atoms with Crippen molar-refractivity contribution in [2.24, 2.45) is 0 Å². The number of morpholine rings is 2. The first kappa shape index (κ1) is 36.9. The highest BCUT2D eigenvalue weighted by Crippen LogP contribution is 2.48. The first-order chi connectivity index (χ1) is 23.4. The van der Waals surface area contributed by atoms with Crippen molar-refractivity contribution in [3.63, 3.8) is 0 Å². The number of thiocarbonyl (C=S) groups is 1. The van der Waals surface area contributed by atoms with Crippen LogP contribution >= 0.6 is 35.7 Å². The Kier molecular flexibility index (Phi) is 13.2. The molecule has 0 atom stereocenters. The van der Waals surface area contributed by atoms with Gasteiger partial charge in [0.15, 0.2) is 5.78 Å². The quantitative estimate of drug-likeness (QED) is 0.165. The van der Waals surface area contributed by atoms with Crippen molar-refractivity contribution in [3.8, 4) is 0 Å². The smallest absolute Gasteiger partial charge is 0.159 e. The molecule has 7 nitrogen and oxygen atoms in total. The van der Waals surface area contributed by atoms with E-state index in [1.165, 1.54) is 42.2 Å². The number of rotatable bonds is 3. The number of carbonyl (C=O) groups excluding carboxylic acids is 1. The zero-order chi connectivity index (χ0) is 33.5. The van der Waals surface area contributed by atoms with Crippen molar-refractivity contribution >= 4 is 69.3 Å². The second kappa shape index (κ2) is 17.5. The summed E-state index contributed by atoms with van der Waals surface area (Å²) in [5, 5.41) is 3.16. The summed E-state index contributed by atoms with van der Waals surface area (Å²) in [5.74, 6) is 0.107. The van der Waals surface area contributed by atoms with E-state index < -0.39 is 0 Å². The third kappa shape index (κ3) is 9.05. The zero-order valence-corrected chi connectivity index (χ0v) is 30.2. The van der Waals surface area contributed by atoms with E-state index in [0.717, 1.165) is 75.3 Å². The van der Waals surface area contributed by atoms with Crippen molar-refractivity contribution in [1.82, 2.24) is 10.2 Å². The number of nitrogens with zero attached hydrogens (tertiary/aromatic N) is 3. The van der Waals surface area contributed by atoms with Gasteiger partial charge >= 0.3 is 0 Å². The van der Waals surface area contributed by atoms with Gasteiger partial charge in [-0.2, -0.15) is 0 Å². The Morgan fingerprint density at radius 1 is 0.714 bits per heavy atom. The lowest BCUT2D eigenvalue weighted by Gasteiger charge is -2.31. The standard InChI is InChI=1S/C19H20N2OS2.C15H13NOS.C4H9NO.CH4/c1-20-15-4-2-3-5-17(15)24-18-7-6-14(12-16(18)20)13-19(23)21-8-10-22-11-9-21;1-10(17)11-7-8-15-13(9-11)16(2)12-5-3-4-6-14(12)18-15;1-3-6-4-2-5-1;/h2-7,12H,8-11,13H2,1H3;3-9H,1-2H3;5H,1-4H2;1H4. The van der Waals surface area contributed by atoms with Crippen molar-refractivity contribution in [2.75, 3.05) is 76.5 Å². The van der Waals surface area contributed by atoms with Crippen molar-refractivity contribution < 1.29 is 14.3 Å². The first-order valence-corrected chi connectivity index (χ1v) is 18.4.